The van der Waals surface area contributed by atoms with Gasteiger partial charge >= 0.3 is 0 Å². The molecule has 0 radical (unpaired) electrons. The van der Waals surface area contributed by atoms with Crippen LogP contribution >= 0.6 is 0 Å². The van der Waals surface area contributed by atoms with Gasteiger partial charge in [-0.2, -0.15) is 0 Å². The van der Waals surface area contributed by atoms with Crippen molar-refractivity contribution in [3.63, 3.8) is 0 Å². The third-order valence-corrected chi connectivity index (χ3v) is 3.94. The molecule has 0 saturated heterocycles. The van der Waals surface area contributed by atoms with E-state index in [-0.39, 0.29) is 11.9 Å². The second kappa shape index (κ2) is 3.65. The van der Waals surface area contributed by atoms with E-state index in [1.54, 1.807) is 20.2 Å². The highest BCUT2D eigenvalue weighted by Gasteiger charge is 2.45. The van der Waals surface area contributed by atoms with Crippen molar-refractivity contribution in [2.75, 3.05) is 11.9 Å². The summed E-state index contributed by atoms with van der Waals surface area (Å²) in [7, 11) is 0. The van der Waals surface area contributed by atoms with Gasteiger partial charge in [0.25, 0.3) is 0 Å². The molecule has 0 spiro atoms. The zero-order chi connectivity index (χ0) is 12.9. The minimum Gasteiger partial charge on any atom is -0.383 e. The Morgan fingerprint density at radius 2 is 2.39 bits per heavy atom. The summed E-state index contributed by atoms with van der Waals surface area (Å²) in [5.41, 5.74) is -0.530. The summed E-state index contributed by atoms with van der Waals surface area (Å²) in [6.07, 6.45) is 4.44. The molecule has 2 N–H and O–H groups in total. The quantitative estimate of drug-likeness (QED) is 0.767. The van der Waals surface area contributed by atoms with Crippen molar-refractivity contribution in [2.45, 2.75) is 31.9 Å². The van der Waals surface area contributed by atoms with Gasteiger partial charge in [-0.25, -0.2) is 4.98 Å². The van der Waals surface area contributed by atoms with Crippen LogP contribution in [0.3, 0.4) is 0 Å². The van der Waals surface area contributed by atoms with Gasteiger partial charge in [0.2, 0.25) is 5.91 Å². The largest absolute Gasteiger partial charge is 0.383 e. The summed E-state index contributed by atoms with van der Waals surface area (Å²) in [4.78, 5) is 20.2. The lowest BCUT2D eigenvalue weighted by molar-refractivity contribution is -0.129. The number of fused-ring (bicyclic) bond motifs is 1. The molecule has 1 aromatic rings. The average molecular weight is 248 g/mol. The number of anilines is 1. The lowest BCUT2D eigenvalue weighted by atomic mass is 9.84. The molecule has 3 heterocycles. The summed E-state index contributed by atoms with van der Waals surface area (Å²) < 4.78 is 1.92. The first-order chi connectivity index (χ1) is 8.51. The molecular weight excluding hydrogens is 232 g/mol. The Morgan fingerprint density at radius 1 is 1.61 bits per heavy atom. The molecule has 0 aliphatic carbocycles. The van der Waals surface area contributed by atoms with Crippen molar-refractivity contribution in [1.82, 2.24) is 9.55 Å². The highest BCUT2D eigenvalue weighted by molar-refractivity contribution is 5.95. The number of nitrogens with one attached hydrogen (secondary N) is 1. The number of rotatable bonds is 1. The molecule has 0 bridgehead atoms. The number of aliphatic hydroxyl groups is 1. The molecule has 2 aliphatic heterocycles. The normalized spacial score (nSPS) is 34.5. The van der Waals surface area contributed by atoms with Crippen molar-refractivity contribution in [1.29, 1.82) is 0 Å². The van der Waals surface area contributed by atoms with Crippen LogP contribution in [0, 0.1) is 5.92 Å². The molecule has 1 amide bonds. The van der Waals surface area contributed by atoms with Crippen LogP contribution in [0.1, 0.15) is 32.0 Å². The number of carbonyl (C=O) groups excluding carboxylic acids is 1. The van der Waals surface area contributed by atoms with Crippen LogP contribution in [0.4, 0.5) is 5.82 Å². The summed E-state index contributed by atoms with van der Waals surface area (Å²) in [5, 5.41) is 13.4. The third-order valence-electron chi connectivity index (χ3n) is 3.94. The summed E-state index contributed by atoms with van der Waals surface area (Å²) in [5.74, 6) is -0.236. The minimum atomic E-state index is -1.20. The molecule has 0 fully saturated rings. The Balaban J connectivity index is 2.12. The maximum absolute atomic E-state index is 11.8. The van der Waals surface area contributed by atoms with Gasteiger partial charge in [0.15, 0.2) is 5.82 Å². The Hall–Kier alpha value is -1.69. The van der Waals surface area contributed by atoms with Gasteiger partial charge in [0.1, 0.15) is 5.60 Å². The summed E-state index contributed by atoms with van der Waals surface area (Å²) >= 11 is 0. The Bertz CT molecular complexity index is 532. The van der Waals surface area contributed by atoms with Crippen LogP contribution < -0.4 is 5.32 Å². The van der Waals surface area contributed by atoms with E-state index in [0.29, 0.717) is 11.5 Å². The number of amides is 1. The Kier molecular flexibility index (Phi) is 2.31. The van der Waals surface area contributed by atoms with Gasteiger partial charge in [0.05, 0.1) is 24.0 Å². The number of aromatic nitrogens is 2. The van der Waals surface area contributed by atoms with Crippen molar-refractivity contribution in [2.24, 2.45) is 10.9 Å². The number of nitrogens with zero attached hydrogens (tertiary/aromatic N) is 3. The van der Waals surface area contributed by atoms with Crippen molar-refractivity contribution in [3.8, 4) is 0 Å². The number of hydrogen-bond acceptors (Lipinski definition) is 4. The second-order valence-electron chi connectivity index (χ2n) is 5.12. The van der Waals surface area contributed by atoms with E-state index >= 15 is 0 Å². The van der Waals surface area contributed by atoms with Crippen LogP contribution in [-0.2, 0) is 10.4 Å². The van der Waals surface area contributed by atoms with Crippen LogP contribution in [0.15, 0.2) is 11.3 Å². The first kappa shape index (κ1) is 11.4. The average Bonchev–Trinajstić information content (AvgIpc) is 2.93. The van der Waals surface area contributed by atoms with Gasteiger partial charge in [-0.1, -0.05) is 6.92 Å². The molecule has 1 aromatic heterocycles. The molecule has 18 heavy (non-hydrogen) atoms. The molecular formula is C12H16N4O2. The predicted octanol–water partition coefficient (Wildman–Crippen LogP) is 0.694. The van der Waals surface area contributed by atoms with Crippen molar-refractivity contribution < 1.29 is 9.90 Å². The third kappa shape index (κ3) is 1.42. The van der Waals surface area contributed by atoms with Crippen LogP contribution in [0.25, 0.3) is 0 Å². The molecule has 2 aliphatic rings. The molecule has 3 rings (SSSR count). The topological polar surface area (TPSA) is 79.5 Å². The fourth-order valence-corrected chi connectivity index (χ4v) is 2.58. The highest BCUT2D eigenvalue weighted by atomic mass is 16.3. The van der Waals surface area contributed by atoms with Crippen LogP contribution in [-0.4, -0.2) is 33.3 Å². The summed E-state index contributed by atoms with van der Waals surface area (Å²) in [6.45, 7) is 4.18. The first-order valence-electron chi connectivity index (χ1n) is 6.12. The SMILES string of the molecule is CC1C(=O)Nc2ncn(C3C=NCC3)c2C1(C)O. The fourth-order valence-electron chi connectivity index (χ4n) is 2.58. The zero-order valence-corrected chi connectivity index (χ0v) is 10.4. The lowest BCUT2D eigenvalue weighted by Gasteiger charge is -2.35. The van der Waals surface area contributed by atoms with E-state index < -0.39 is 11.5 Å². The fraction of sp³-hybridized carbons (Fsp3) is 0.583. The van der Waals surface area contributed by atoms with Gasteiger partial charge in [-0.3, -0.25) is 9.79 Å². The Labute approximate surface area is 105 Å². The smallest absolute Gasteiger partial charge is 0.231 e. The van der Waals surface area contributed by atoms with E-state index in [0.717, 1.165) is 13.0 Å². The van der Waals surface area contributed by atoms with Crippen molar-refractivity contribution >= 4 is 17.9 Å². The van der Waals surface area contributed by atoms with Crippen LogP contribution in [0.2, 0.25) is 0 Å². The molecule has 3 atom stereocenters. The van der Waals surface area contributed by atoms with Gasteiger partial charge < -0.3 is 15.0 Å². The molecule has 3 unspecified atom stereocenters. The van der Waals surface area contributed by atoms with Crippen molar-refractivity contribution in [3.05, 3.63) is 12.0 Å². The van der Waals surface area contributed by atoms with E-state index in [1.165, 1.54) is 0 Å². The van der Waals surface area contributed by atoms with Crippen LogP contribution in [0.5, 0.6) is 0 Å². The molecule has 0 saturated carbocycles. The van der Waals surface area contributed by atoms with Gasteiger partial charge in [0, 0.05) is 12.8 Å². The predicted molar refractivity (Wildman–Crippen MR) is 66.6 cm³/mol. The number of imidazole rings is 1. The van der Waals surface area contributed by atoms with Gasteiger partial charge in [-0.05, 0) is 13.3 Å². The first-order valence-corrected chi connectivity index (χ1v) is 6.12. The molecule has 6 heteroatoms. The zero-order valence-electron chi connectivity index (χ0n) is 10.4. The van der Waals surface area contributed by atoms with E-state index in [9.17, 15) is 9.90 Å². The van der Waals surface area contributed by atoms with Gasteiger partial charge in [-0.15, -0.1) is 0 Å². The maximum Gasteiger partial charge on any atom is 0.231 e. The monoisotopic (exact) mass is 248 g/mol. The maximum atomic E-state index is 11.8. The van der Waals surface area contributed by atoms with E-state index in [1.807, 2.05) is 10.8 Å². The van der Waals surface area contributed by atoms with E-state index in [4.69, 9.17) is 0 Å². The summed E-state index contributed by atoms with van der Waals surface area (Å²) in [6, 6.07) is 0.120. The molecule has 0 aromatic carbocycles. The minimum absolute atomic E-state index is 0.120. The molecule has 6 nitrogen and oxygen atoms in total. The lowest BCUT2D eigenvalue weighted by Crippen LogP contribution is -2.44. The Morgan fingerprint density at radius 3 is 3.06 bits per heavy atom. The second-order valence-corrected chi connectivity index (χ2v) is 5.12. The molecule has 96 valence electrons. The highest BCUT2D eigenvalue weighted by Crippen LogP contribution is 2.40. The van der Waals surface area contributed by atoms with E-state index in [2.05, 4.69) is 15.3 Å². The number of aliphatic imine (C=N–C) groups is 1. The standard InChI is InChI=1S/C12H16N4O2/c1-7-11(17)15-10-9(12(7,2)18)16(6-14-10)8-3-4-13-5-8/h5-8,18H,3-4H2,1-2H3,(H,15,17). The number of carbonyl (C=O) groups is 1. The number of hydrogen-bond donors (Lipinski definition) is 2.